The Kier molecular flexibility index (Phi) is 4.82. The molecule has 1 aromatic carbocycles. The Bertz CT molecular complexity index is 511. The minimum absolute atomic E-state index is 0.0262. The maximum absolute atomic E-state index is 12.2. The maximum atomic E-state index is 12.2. The lowest BCUT2D eigenvalue weighted by atomic mass is 9.99. The zero-order chi connectivity index (χ0) is 14.8. The minimum Gasteiger partial charge on any atom is -0.379 e. The van der Waals surface area contributed by atoms with Crippen LogP contribution in [-0.4, -0.2) is 18.0 Å². The summed E-state index contributed by atoms with van der Waals surface area (Å²) in [7, 11) is 0. The number of halogens is 2. The number of hydrogen-bond donors (Lipinski definition) is 2. The molecule has 0 atom stereocenters. The van der Waals surface area contributed by atoms with Crippen molar-refractivity contribution in [3.8, 4) is 0 Å². The van der Waals surface area contributed by atoms with Crippen molar-refractivity contribution in [3.05, 3.63) is 27.7 Å². The molecule has 1 fully saturated rings. The number of amides is 1. The van der Waals surface area contributed by atoms with Crippen molar-refractivity contribution in [2.75, 3.05) is 11.9 Å². The molecule has 5 heteroatoms. The third kappa shape index (κ3) is 3.21. The quantitative estimate of drug-likeness (QED) is 0.859. The van der Waals surface area contributed by atoms with Crippen molar-refractivity contribution in [1.29, 1.82) is 0 Å². The van der Waals surface area contributed by atoms with Gasteiger partial charge in [0.15, 0.2) is 0 Å². The molecule has 0 radical (unpaired) electrons. The molecule has 2 N–H and O–H groups in total. The summed E-state index contributed by atoms with van der Waals surface area (Å²) in [5, 5.41) is 6.98. The highest BCUT2D eigenvalue weighted by molar-refractivity contribution is 6.44. The highest BCUT2D eigenvalue weighted by Crippen LogP contribution is 2.37. The molecule has 1 saturated carbocycles. The van der Waals surface area contributed by atoms with Gasteiger partial charge in [0.1, 0.15) is 0 Å². The molecule has 1 amide bonds. The van der Waals surface area contributed by atoms with Gasteiger partial charge in [-0.25, -0.2) is 0 Å². The van der Waals surface area contributed by atoms with Crippen LogP contribution < -0.4 is 10.6 Å². The molecule has 1 aromatic rings. The third-order valence-corrected chi connectivity index (χ3v) is 4.61. The van der Waals surface area contributed by atoms with Crippen LogP contribution in [0.5, 0.6) is 0 Å². The smallest absolute Gasteiger partial charge is 0.254 e. The van der Waals surface area contributed by atoms with Crippen LogP contribution in [0.1, 0.15) is 49.9 Å². The fraction of sp³-hybridized carbons (Fsp3) is 0.533. The molecule has 3 nitrogen and oxygen atoms in total. The highest BCUT2D eigenvalue weighted by Gasteiger charge is 2.30. The summed E-state index contributed by atoms with van der Waals surface area (Å²) in [6.45, 7) is 4.62. The van der Waals surface area contributed by atoms with Crippen LogP contribution in [0.25, 0.3) is 0 Å². The van der Waals surface area contributed by atoms with Gasteiger partial charge in [-0.15, -0.1) is 0 Å². The highest BCUT2D eigenvalue weighted by atomic mass is 35.5. The van der Waals surface area contributed by atoms with E-state index in [0.29, 0.717) is 22.2 Å². The van der Waals surface area contributed by atoms with Crippen LogP contribution in [0, 0.1) is 0 Å². The lowest BCUT2D eigenvalue weighted by molar-refractivity contribution is 0.0956. The molecule has 110 valence electrons. The van der Waals surface area contributed by atoms with E-state index in [4.69, 9.17) is 23.2 Å². The summed E-state index contributed by atoms with van der Waals surface area (Å²) < 4.78 is 0. The normalized spacial score (nSPS) is 17.0. The average Bonchev–Trinajstić information content (AvgIpc) is 2.81. The Morgan fingerprint density at radius 3 is 2.55 bits per heavy atom. The van der Waals surface area contributed by atoms with Gasteiger partial charge in [0.05, 0.1) is 15.6 Å². The summed E-state index contributed by atoms with van der Waals surface area (Å²) in [6.07, 6.45) is 4.62. The van der Waals surface area contributed by atoms with E-state index in [1.165, 1.54) is 12.8 Å². The first-order chi connectivity index (χ1) is 9.47. The first kappa shape index (κ1) is 15.5. The molecule has 0 aliphatic heterocycles. The Hall–Kier alpha value is -0.930. The molecule has 0 saturated heterocycles. The molecule has 2 rings (SSSR count). The predicted molar refractivity (Wildman–Crippen MR) is 85.0 cm³/mol. The summed E-state index contributed by atoms with van der Waals surface area (Å²) in [4.78, 5) is 12.2. The summed E-state index contributed by atoms with van der Waals surface area (Å²) in [5.74, 6) is -0.191. The Labute approximate surface area is 130 Å². The van der Waals surface area contributed by atoms with Crippen LogP contribution >= 0.6 is 23.2 Å². The largest absolute Gasteiger partial charge is 0.379 e. The molecular formula is C15H20Cl2N2O. The van der Waals surface area contributed by atoms with E-state index >= 15 is 0 Å². The monoisotopic (exact) mass is 314 g/mol. The van der Waals surface area contributed by atoms with Crippen molar-refractivity contribution in [3.63, 3.8) is 0 Å². The van der Waals surface area contributed by atoms with Crippen molar-refractivity contribution < 1.29 is 4.79 Å². The zero-order valence-corrected chi connectivity index (χ0v) is 13.4. The van der Waals surface area contributed by atoms with Gasteiger partial charge >= 0.3 is 0 Å². The van der Waals surface area contributed by atoms with Crippen LogP contribution in [0.3, 0.4) is 0 Å². The van der Waals surface area contributed by atoms with Crippen molar-refractivity contribution in [1.82, 2.24) is 5.32 Å². The van der Waals surface area contributed by atoms with Crippen LogP contribution in [-0.2, 0) is 0 Å². The third-order valence-electron chi connectivity index (χ3n) is 3.80. The number of nitrogens with one attached hydrogen (secondary N) is 2. The number of rotatable bonds is 4. The molecule has 0 spiro atoms. The van der Waals surface area contributed by atoms with E-state index in [9.17, 15) is 4.79 Å². The van der Waals surface area contributed by atoms with Gasteiger partial charge in [0.25, 0.3) is 5.91 Å². The standard InChI is InChI=1S/C15H20Cl2N2O/c1-3-18-14(20)12-11(7-6-10(16)13(12)17)19-15(2)8-4-5-9-15/h6-7,19H,3-5,8-9H2,1-2H3,(H,18,20). The summed E-state index contributed by atoms with van der Waals surface area (Å²) in [5.41, 5.74) is 1.22. The van der Waals surface area contributed by atoms with Gasteiger partial charge in [-0.05, 0) is 38.8 Å². The van der Waals surface area contributed by atoms with Crippen molar-refractivity contribution in [2.45, 2.75) is 45.1 Å². The van der Waals surface area contributed by atoms with Gasteiger partial charge in [0, 0.05) is 17.8 Å². The number of benzene rings is 1. The topological polar surface area (TPSA) is 41.1 Å². The van der Waals surface area contributed by atoms with Crippen LogP contribution in [0.15, 0.2) is 12.1 Å². The second kappa shape index (κ2) is 6.23. The van der Waals surface area contributed by atoms with E-state index in [-0.39, 0.29) is 11.4 Å². The van der Waals surface area contributed by atoms with Crippen molar-refractivity contribution >= 4 is 34.8 Å². The Morgan fingerprint density at radius 1 is 1.30 bits per heavy atom. The van der Waals surface area contributed by atoms with Crippen molar-refractivity contribution in [2.24, 2.45) is 0 Å². The van der Waals surface area contributed by atoms with E-state index < -0.39 is 0 Å². The molecule has 0 heterocycles. The molecule has 1 aliphatic carbocycles. The Balaban J connectivity index is 2.36. The number of anilines is 1. The van der Waals surface area contributed by atoms with Gasteiger partial charge in [-0.1, -0.05) is 36.0 Å². The van der Waals surface area contributed by atoms with Gasteiger partial charge < -0.3 is 10.6 Å². The van der Waals surface area contributed by atoms with Crippen LogP contribution in [0.2, 0.25) is 10.0 Å². The second-order valence-corrected chi connectivity index (χ2v) is 6.32. The molecular weight excluding hydrogens is 295 g/mol. The average molecular weight is 315 g/mol. The van der Waals surface area contributed by atoms with E-state index in [1.807, 2.05) is 13.0 Å². The maximum Gasteiger partial charge on any atom is 0.254 e. The van der Waals surface area contributed by atoms with Gasteiger partial charge in [-0.2, -0.15) is 0 Å². The fourth-order valence-corrected chi connectivity index (χ4v) is 3.14. The molecule has 20 heavy (non-hydrogen) atoms. The van der Waals surface area contributed by atoms with E-state index in [0.717, 1.165) is 18.5 Å². The van der Waals surface area contributed by atoms with Gasteiger partial charge in [-0.3, -0.25) is 4.79 Å². The van der Waals surface area contributed by atoms with E-state index in [2.05, 4.69) is 17.6 Å². The fourth-order valence-electron chi connectivity index (χ4n) is 2.73. The summed E-state index contributed by atoms with van der Waals surface area (Å²) in [6, 6.07) is 3.57. The van der Waals surface area contributed by atoms with E-state index in [1.54, 1.807) is 6.07 Å². The first-order valence-electron chi connectivity index (χ1n) is 7.01. The number of hydrogen-bond acceptors (Lipinski definition) is 2. The number of carbonyl (C=O) groups excluding carboxylic acids is 1. The molecule has 1 aliphatic rings. The van der Waals surface area contributed by atoms with Crippen LogP contribution in [0.4, 0.5) is 5.69 Å². The Morgan fingerprint density at radius 2 is 1.95 bits per heavy atom. The lowest BCUT2D eigenvalue weighted by Crippen LogP contribution is -2.33. The first-order valence-corrected chi connectivity index (χ1v) is 7.77. The number of carbonyl (C=O) groups is 1. The predicted octanol–water partition coefficient (Wildman–Crippen LogP) is 4.49. The SMILES string of the molecule is CCNC(=O)c1c(NC2(C)CCCC2)ccc(Cl)c1Cl. The molecule has 0 aromatic heterocycles. The summed E-state index contributed by atoms with van der Waals surface area (Å²) >= 11 is 12.3. The van der Waals surface area contributed by atoms with Gasteiger partial charge in [0.2, 0.25) is 0 Å². The zero-order valence-electron chi connectivity index (χ0n) is 11.9. The second-order valence-electron chi connectivity index (χ2n) is 5.54. The minimum atomic E-state index is -0.191. The lowest BCUT2D eigenvalue weighted by Gasteiger charge is -2.28. The molecule has 0 bridgehead atoms. The molecule has 0 unspecified atom stereocenters.